The number of hydrogen-bond acceptors (Lipinski definition) is 3. The summed E-state index contributed by atoms with van der Waals surface area (Å²) in [7, 11) is 0. The van der Waals surface area contributed by atoms with E-state index in [1.54, 1.807) is 6.92 Å². The van der Waals surface area contributed by atoms with E-state index in [-0.39, 0.29) is 18.1 Å². The van der Waals surface area contributed by atoms with Crippen molar-refractivity contribution in [2.45, 2.75) is 19.0 Å². The van der Waals surface area contributed by atoms with Crippen molar-refractivity contribution < 1.29 is 9.53 Å². The maximum absolute atomic E-state index is 11.4. The number of hydrogen-bond donors (Lipinski definition) is 1. The molecule has 1 heterocycles. The molecule has 0 amide bonds. The number of nitrogens with one attached hydrogen (secondary N) is 1. The Labute approximate surface area is 93.4 Å². The van der Waals surface area contributed by atoms with Gasteiger partial charge < -0.3 is 4.74 Å². The molecule has 0 radical (unpaired) electrons. The first-order valence-electron chi connectivity index (χ1n) is 4.91. The van der Waals surface area contributed by atoms with Gasteiger partial charge in [-0.25, -0.2) is 0 Å². The third kappa shape index (κ3) is 2.13. The van der Waals surface area contributed by atoms with Crippen molar-refractivity contribution >= 4 is 17.6 Å². The summed E-state index contributed by atoms with van der Waals surface area (Å²) in [6.07, 6.45) is 0. The Morgan fingerprint density at radius 2 is 2.27 bits per heavy atom. The summed E-state index contributed by atoms with van der Waals surface area (Å²) in [5, 5.41) is 3.73. The van der Waals surface area contributed by atoms with Crippen molar-refractivity contribution in [1.29, 1.82) is 0 Å². The predicted octanol–water partition coefficient (Wildman–Crippen LogP) is 1.92. The van der Waals surface area contributed by atoms with Crippen molar-refractivity contribution in [3.8, 4) is 0 Å². The molecular formula is C11H12ClNO2. The molecule has 1 aromatic rings. The van der Waals surface area contributed by atoms with E-state index >= 15 is 0 Å². The number of ether oxygens (including phenoxy) is 1. The number of carbonyl (C=O) groups is 1. The van der Waals surface area contributed by atoms with E-state index in [2.05, 4.69) is 5.32 Å². The van der Waals surface area contributed by atoms with Crippen LogP contribution in [0.2, 0.25) is 5.02 Å². The average molecular weight is 226 g/mol. The summed E-state index contributed by atoms with van der Waals surface area (Å²) >= 11 is 6.01. The van der Waals surface area contributed by atoms with E-state index in [4.69, 9.17) is 16.3 Å². The van der Waals surface area contributed by atoms with E-state index in [1.165, 1.54) is 0 Å². The van der Waals surface area contributed by atoms with Gasteiger partial charge in [0.15, 0.2) is 0 Å². The monoisotopic (exact) mass is 225 g/mol. The fraction of sp³-hybridized carbons (Fsp3) is 0.364. The van der Waals surface area contributed by atoms with Gasteiger partial charge in [-0.2, -0.15) is 0 Å². The Bertz CT molecular complexity index is 381. The van der Waals surface area contributed by atoms with Crippen LogP contribution in [0.4, 0.5) is 0 Å². The molecule has 80 valence electrons. The highest BCUT2D eigenvalue weighted by Gasteiger charge is 2.45. The van der Waals surface area contributed by atoms with Crippen molar-refractivity contribution in [2.75, 3.05) is 6.61 Å². The van der Waals surface area contributed by atoms with Gasteiger partial charge in [-0.1, -0.05) is 29.8 Å². The normalized spacial score (nSPS) is 23.6. The van der Waals surface area contributed by atoms with Crippen LogP contribution in [0.3, 0.4) is 0 Å². The second-order valence-corrected chi connectivity index (χ2v) is 3.80. The Kier molecular flexibility index (Phi) is 2.93. The molecule has 0 aliphatic carbocycles. The molecule has 1 aromatic carbocycles. The summed E-state index contributed by atoms with van der Waals surface area (Å²) in [6, 6.07) is 7.29. The molecular weight excluding hydrogens is 214 g/mol. The summed E-state index contributed by atoms with van der Waals surface area (Å²) in [4.78, 5) is 11.4. The maximum atomic E-state index is 11.4. The molecule has 3 nitrogen and oxygen atoms in total. The Morgan fingerprint density at radius 3 is 2.93 bits per heavy atom. The van der Waals surface area contributed by atoms with E-state index in [9.17, 15) is 4.79 Å². The number of esters is 1. The first-order chi connectivity index (χ1) is 7.24. The second-order valence-electron chi connectivity index (χ2n) is 3.40. The molecule has 1 fully saturated rings. The number of rotatable bonds is 3. The topological polar surface area (TPSA) is 48.2 Å². The fourth-order valence-corrected chi connectivity index (χ4v) is 1.82. The minimum absolute atomic E-state index is 0.0118. The van der Waals surface area contributed by atoms with Gasteiger partial charge in [0.1, 0.15) is 6.04 Å². The van der Waals surface area contributed by atoms with Crippen LogP contribution in [0.5, 0.6) is 0 Å². The predicted molar refractivity (Wildman–Crippen MR) is 57.7 cm³/mol. The van der Waals surface area contributed by atoms with Gasteiger partial charge in [0, 0.05) is 5.02 Å². The molecule has 0 saturated carbocycles. The molecule has 1 aliphatic rings. The third-order valence-corrected chi connectivity index (χ3v) is 2.71. The molecule has 15 heavy (non-hydrogen) atoms. The van der Waals surface area contributed by atoms with Crippen LogP contribution in [0.15, 0.2) is 24.3 Å². The summed E-state index contributed by atoms with van der Waals surface area (Å²) in [5.74, 6) is -0.206. The van der Waals surface area contributed by atoms with E-state index in [1.807, 2.05) is 24.3 Å². The SMILES string of the molecule is CCOC(=O)[C@H]1N[C@@H]1c1ccccc1Cl. The van der Waals surface area contributed by atoms with Gasteiger partial charge in [0.05, 0.1) is 12.6 Å². The lowest BCUT2D eigenvalue weighted by Crippen LogP contribution is -2.13. The van der Waals surface area contributed by atoms with Crippen LogP contribution in [0.25, 0.3) is 0 Å². The molecule has 2 rings (SSSR count). The van der Waals surface area contributed by atoms with E-state index in [0.717, 1.165) is 5.56 Å². The van der Waals surface area contributed by atoms with Gasteiger partial charge in [0.25, 0.3) is 0 Å². The maximum Gasteiger partial charge on any atom is 0.325 e. The quantitative estimate of drug-likeness (QED) is 0.632. The largest absolute Gasteiger partial charge is 0.465 e. The first-order valence-corrected chi connectivity index (χ1v) is 5.29. The molecule has 0 aromatic heterocycles. The van der Waals surface area contributed by atoms with Crippen molar-refractivity contribution in [3.05, 3.63) is 34.9 Å². The molecule has 0 bridgehead atoms. The van der Waals surface area contributed by atoms with Crippen LogP contribution >= 0.6 is 11.6 Å². The smallest absolute Gasteiger partial charge is 0.325 e. The average Bonchev–Trinajstić information content (AvgIpc) is 2.98. The lowest BCUT2D eigenvalue weighted by molar-refractivity contribution is -0.142. The minimum Gasteiger partial charge on any atom is -0.465 e. The summed E-state index contributed by atoms with van der Waals surface area (Å²) in [6.45, 7) is 2.21. The second kappa shape index (κ2) is 4.21. The van der Waals surface area contributed by atoms with Crippen molar-refractivity contribution in [1.82, 2.24) is 5.32 Å². The van der Waals surface area contributed by atoms with E-state index in [0.29, 0.717) is 11.6 Å². The highest BCUT2D eigenvalue weighted by molar-refractivity contribution is 6.31. The fourth-order valence-electron chi connectivity index (χ4n) is 1.57. The van der Waals surface area contributed by atoms with E-state index < -0.39 is 0 Å². The molecule has 1 N–H and O–H groups in total. The van der Waals surface area contributed by atoms with Crippen LogP contribution in [-0.4, -0.2) is 18.6 Å². The molecule has 0 spiro atoms. The van der Waals surface area contributed by atoms with Gasteiger partial charge >= 0.3 is 5.97 Å². The highest BCUT2D eigenvalue weighted by Crippen LogP contribution is 2.34. The number of carbonyl (C=O) groups excluding carboxylic acids is 1. The molecule has 1 saturated heterocycles. The first kappa shape index (κ1) is 10.5. The summed E-state index contributed by atoms with van der Waals surface area (Å²) in [5.41, 5.74) is 0.956. The molecule has 1 aliphatic heterocycles. The van der Waals surface area contributed by atoms with Gasteiger partial charge in [-0.15, -0.1) is 0 Å². The van der Waals surface area contributed by atoms with Crippen molar-refractivity contribution in [3.63, 3.8) is 0 Å². The summed E-state index contributed by atoms with van der Waals surface area (Å²) < 4.78 is 4.91. The molecule has 0 unspecified atom stereocenters. The Hall–Kier alpha value is -1.06. The third-order valence-electron chi connectivity index (χ3n) is 2.36. The van der Waals surface area contributed by atoms with Crippen LogP contribution in [0, 0.1) is 0 Å². The van der Waals surface area contributed by atoms with Crippen LogP contribution in [-0.2, 0) is 9.53 Å². The standard InChI is InChI=1S/C11H12ClNO2/c1-2-15-11(14)10-9(13-10)7-5-3-4-6-8(7)12/h3-6,9-10,13H,2H2,1H3/t9-,10+/m1/s1. The Balaban J connectivity index is 2.05. The number of benzene rings is 1. The minimum atomic E-state index is -0.232. The van der Waals surface area contributed by atoms with Crippen molar-refractivity contribution in [2.24, 2.45) is 0 Å². The highest BCUT2D eigenvalue weighted by atomic mass is 35.5. The zero-order valence-corrected chi connectivity index (χ0v) is 9.12. The zero-order valence-electron chi connectivity index (χ0n) is 8.37. The van der Waals surface area contributed by atoms with Gasteiger partial charge in [-0.3, -0.25) is 10.1 Å². The lowest BCUT2D eigenvalue weighted by Gasteiger charge is -2.01. The zero-order chi connectivity index (χ0) is 10.8. The van der Waals surface area contributed by atoms with Crippen LogP contribution in [0.1, 0.15) is 18.5 Å². The molecule has 2 atom stereocenters. The van der Waals surface area contributed by atoms with Gasteiger partial charge in [-0.05, 0) is 18.6 Å². The molecule has 4 heteroatoms. The lowest BCUT2D eigenvalue weighted by atomic mass is 10.1. The Morgan fingerprint density at radius 1 is 1.53 bits per heavy atom. The van der Waals surface area contributed by atoms with Gasteiger partial charge in [0.2, 0.25) is 0 Å². The van der Waals surface area contributed by atoms with Crippen LogP contribution < -0.4 is 5.32 Å². The number of halogens is 1.